The van der Waals surface area contributed by atoms with E-state index in [0.717, 1.165) is 47.1 Å². The highest BCUT2D eigenvalue weighted by atomic mass is 32.1. The summed E-state index contributed by atoms with van der Waals surface area (Å²) in [6.45, 7) is 3.69. The molecule has 2 amide bonds. The maximum absolute atomic E-state index is 12.8. The van der Waals surface area contributed by atoms with Crippen LogP contribution >= 0.6 is 11.3 Å². The molecule has 6 aromatic rings. The largest absolute Gasteiger partial charge is 0.351 e. The molecule has 3 aromatic heterocycles. The molecule has 10 nitrogen and oxygen atoms in total. The Morgan fingerprint density at radius 1 is 0.872 bits per heavy atom. The predicted octanol–water partition coefficient (Wildman–Crippen LogP) is 6.27. The molecule has 47 heavy (non-hydrogen) atoms. The lowest BCUT2D eigenvalue weighted by molar-refractivity contribution is -0.115. The average Bonchev–Trinajstić information content (AvgIpc) is 3.84. The number of amides is 2. The smallest absolute Gasteiger partial charge is 0.251 e. The van der Waals surface area contributed by atoms with Gasteiger partial charge in [0.2, 0.25) is 11.9 Å². The van der Waals surface area contributed by atoms with Gasteiger partial charge in [0.25, 0.3) is 5.91 Å². The minimum Gasteiger partial charge on any atom is -0.351 e. The van der Waals surface area contributed by atoms with Crippen LogP contribution in [0.15, 0.2) is 103 Å². The zero-order valence-corrected chi connectivity index (χ0v) is 26.5. The van der Waals surface area contributed by atoms with Crippen LogP contribution in [0.4, 0.5) is 17.3 Å². The van der Waals surface area contributed by atoms with Gasteiger partial charge in [0.15, 0.2) is 4.96 Å². The van der Waals surface area contributed by atoms with Crippen LogP contribution in [-0.4, -0.2) is 62.2 Å². The summed E-state index contributed by atoms with van der Waals surface area (Å²) in [6, 6.07) is 26.6. The van der Waals surface area contributed by atoms with Crippen molar-refractivity contribution in [1.29, 1.82) is 0 Å². The molecule has 7 rings (SSSR count). The minimum atomic E-state index is -0.107. The van der Waals surface area contributed by atoms with E-state index in [1.54, 1.807) is 18.3 Å². The molecule has 1 saturated heterocycles. The quantitative estimate of drug-likeness (QED) is 0.153. The molecule has 1 fully saturated rings. The summed E-state index contributed by atoms with van der Waals surface area (Å²) in [6.07, 6.45) is 6.43. The van der Waals surface area contributed by atoms with Gasteiger partial charge in [-0.05, 0) is 67.9 Å². The Balaban J connectivity index is 1.10. The van der Waals surface area contributed by atoms with E-state index in [1.165, 1.54) is 24.2 Å². The molecular weight excluding hydrogens is 609 g/mol. The van der Waals surface area contributed by atoms with Gasteiger partial charge in [0, 0.05) is 53.4 Å². The Morgan fingerprint density at radius 3 is 2.57 bits per heavy atom. The molecule has 3 N–H and O–H groups in total. The van der Waals surface area contributed by atoms with E-state index in [0.29, 0.717) is 41.5 Å². The first-order valence-corrected chi connectivity index (χ1v) is 16.6. The molecule has 0 bridgehead atoms. The third kappa shape index (κ3) is 7.21. The van der Waals surface area contributed by atoms with E-state index < -0.39 is 0 Å². The van der Waals surface area contributed by atoms with Crippen molar-refractivity contribution in [1.82, 2.24) is 29.6 Å². The number of hydrogen-bond donors (Lipinski definition) is 3. The summed E-state index contributed by atoms with van der Waals surface area (Å²) >= 11 is 1.53. The van der Waals surface area contributed by atoms with Gasteiger partial charge in [-0.1, -0.05) is 48.5 Å². The Bertz CT molecular complexity index is 2020. The number of rotatable bonds is 11. The van der Waals surface area contributed by atoms with Crippen LogP contribution in [0.2, 0.25) is 0 Å². The lowest BCUT2D eigenvalue weighted by Gasteiger charge is -2.15. The molecule has 4 heterocycles. The highest BCUT2D eigenvalue weighted by Gasteiger charge is 2.19. The maximum atomic E-state index is 12.8. The molecule has 236 valence electrons. The van der Waals surface area contributed by atoms with Crippen LogP contribution in [0, 0.1) is 0 Å². The van der Waals surface area contributed by atoms with Crippen LogP contribution in [0.3, 0.4) is 0 Å². The molecule has 0 saturated carbocycles. The van der Waals surface area contributed by atoms with Gasteiger partial charge in [-0.2, -0.15) is 0 Å². The normalized spacial score (nSPS) is 13.1. The molecule has 11 heteroatoms. The summed E-state index contributed by atoms with van der Waals surface area (Å²) in [5.41, 5.74) is 6.01. The number of nitrogens with one attached hydrogen (secondary N) is 3. The Morgan fingerprint density at radius 2 is 1.70 bits per heavy atom. The minimum absolute atomic E-state index is 0.0884. The van der Waals surface area contributed by atoms with Crippen LogP contribution < -0.4 is 16.0 Å². The van der Waals surface area contributed by atoms with E-state index in [4.69, 9.17) is 9.97 Å². The Labute approximate surface area is 276 Å². The number of likely N-dealkylation sites (tertiary alicyclic amines) is 1. The molecular formula is C36H34N8O2S. The van der Waals surface area contributed by atoms with Crippen molar-refractivity contribution in [2.45, 2.75) is 19.3 Å². The second-order valence-electron chi connectivity index (χ2n) is 11.4. The van der Waals surface area contributed by atoms with Gasteiger partial charge >= 0.3 is 0 Å². The van der Waals surface area contributed by atoms with E-state index >= 15 is 0 Å². The second kappa shape index (κ2) is 13.9. The summed E-state index contributed by atoms with van der Waals surface area (Å²) in [5.74, 6) is 0.200. The number of nitrogens with zero attached hydrogens (tertiary/aromatic N) is 5. The number of imidazole rings is 1. The standard InChI is InChI=1S/C36H34N8O2S/c45-31(22-25-8-2-1-3-9-25)39-28-12-6-10-26(23-28)32-33(44-20-21-47-36(44)42-32)30-14-15-38-35(41-30)40-29-13-7-11-27(24-29)34(46)37-16-19-43-17-4-5-18-43/h1-3,6-15,20-21,23-24H,4-5,16-19,22H2,(H,37,46)(H,39,45)(H,38,40,41). The lowest BCUT2D eigenvalue weighted by atomic mass is 10.1. The average molecular weight is 643 g/mol. The van der Waals surface area contributed by atoms with Gasteiger partial charge in [-0.15, -0.1) is 11.3 Å². The number of thiazole rings is 1. The SMILES string of the molecule is O=C(Cc1ccccc1)Nc1cccc(-c2nc3sccn3c2-c2ccnc(Nc3cccc(C(=O)NCCN4CCCC4)c3)n2)c1. The van der Waals surface area contributed by atoms with Crippen LogP contribution in [0.1, 0.15) is 28.8 Å². The van der Waals surface area contributed by atoms with Crippen molar-refractivity contribution in [3.8, 4) is 22.6 Å². The molecule has 0 aliphatic carbocycles. The number of aromatic nitrogens is 4. The van der Waals surface area contributed by atoms with E-state index in [1.807, 2.05) is 88.8 Å². The number of anilines is 3. The first kappa shape index (κ1) is 30.3. The zero-order chi connectivity index (χ0) is 32.0. The fraction of sp³-hybridized carbons (Fsp3) is 0.194. The van der Waals surface area contributed by atoms with Crippen molar-refractivity contribution >= 4 is 45.4 Å². The topological polar surface area (TPSA) is 117 Å². The molecule has 0 atom stereocenters. The fourth-order valence-corrected chi connectivity index (χ4v) is 6.53. The lowest BCUT2D eigenvalue weighted by Crippen LogP contribution is -2.33. The molecule has 3 aromatic carbocycles. The molecule has 0 spiro atoms. The summed E-state index contributed by atoms with van der Waals surface area (Å²) in [5, 5.41) is 11.3. The number of carbonyl (C=O) groups is 2. The predicted molar refractivity (Wildman–Crippen MR) is 186 cm³/mol. The fourth-order valence-electron chi connectivity index (χ4n) is 5.82. The highest BCUT2D eigenvalue weighted by Crippen LogP contribution is 2.35. The van der Waals surface area contributed by atoms with Crippen molar-refractivity contribution in [3.05, 3.63) is 114 Å². The van der Waals surface area contributed by atoms with Crippen LogP contribution in [0.5, 0.6) is 0 Å². The number of carbonyl (C=O) groups excluding carboxylic acids is 2. The van der Waals surface area contributed by atoms with Gasteiger partial charge < -0.3 is 20.9 Å². The molecule has 0 unspecified atom stereocenters. The van der Waals surface area contributed by atoms with Gasteiger partial charge in [-0.25, -0.2) is 15.0 Å². The van der Waals surface area contributed by atoms with Gasteiger partial charge in [-0.3, -0.25) is 14.0 Å². The first-order chi connectivity index (χ1) is 23.1. The highest BCUT2D eigenvalue weighted by molar-refractivity contribution is 7.15. The zero-order valence-electron chi connectivity index (χ0n) is 25.7. The van der Waals surface area contributed by atoms with Crippen molar-refractivity contribution in [2.75, 3.05) is 36.8 Å². The number of fused-ring (bicyclic) bond motifs is 1. The molecule has 1 aliphatic heterocycles. The number of hydrogen-bond acceptors (Lipinski definition) is 8. The Hall–Kier alpha value is -5.39. The van der Waals surface area contributed by atoms with Crippen molar-refractivity contribution in [3.63, 3.8) is 0 Å². The van der Waals surface area contributed by atoms with Crippen molar-refractivity contribution in [2.24, 2.45) is 0 Å². The van der Waals surface area contributed by atoms with Crippen LogP contribution in [0.25, 0.3) is 27.6 Å². The summed E-state index contributed by atoms with van der Waals surface area (Å²) in [7, 11) is 0. The summed E-state index contributed by atoms with van der Waals surface area (Å²) in [4.78, 5) is 43.1. The maximum Gasteiger partial charge on any atom is 0.251 e. The van der Waals surface area contributed by atoms with E-state index in [2.05, 4.69) is 25.8 Å². The van der Waals surface area contributed by atoms with E-state index in [-0.39, 0.29) is 11.8 Å². The number of benzene rings is 3. The second-order valence-corrected chi connectivity index (χ2v) is 12.3. The first-order valence-electron chi connectivity index (χ1n) is 15.7. The van der Waals surface area contributed by atoms with Crippen molar-refractivity contribution < 1.29 is 9.59 Å². The third-order valence-corrected chi connectivity index (χ3v) is 8.84. The van der Waals surface area contributed by atoms with E-state index in [9.17, 15) is 9.59 Å². The third-order valence-electron chi connectivity index (χ3n) is 8.08. The van der Waals surface area contributed by atoms with Gasteiger partial charge in [0.1, 0.15) is 5.69 Å². The monoisotopic (exact) mass is 642 g/mol. The molecule has 1 aliphatic rings. The molecule has 0 radical (unpaired) electrons. The summed E-state index contributed by atoms with van der Waals surface area (Å²) < 4.78 is 2.01. The van der Waals surface area contributed by atoms with Crippen LogP contribution in [-0.2, 0) is 11.2 Å². The Kier molecular flexibility index (Phi) is 8.98. The van der Waals surface area contributed by atoms with Gasteiger partial charge in [0.05, 0.1) is 17.8 Å².